The number of aromatic nitrogens is 2. The molecule has 1 heterocycles. The van der Waals surface area contributed by atoms with Crippen LogP contribution >= 0.6 is 11.8 Å². The van der Waals surface area contributed by atoms with Gasteiger partial charge in [0.2, 0.25) is 17.6 Å². The van der Waals surface area contributed by atoms with Crippen molar-refractivity contribution in [1.29, 1.82) is 0 Å². The van der Waals surface area contributed by atoms with E-state index in [1.54, 1.807) is 31.2 Å². The number of thioether (sulfide) groups is 1. The Labute approximate surface area is 166 Å². The molecule has 0 unspecified atom stereocenters. The van der Waals surface area contributed by atoms with Gasteiger partial charge in [-0.25, -0.2) is 4.39 Å². The Hall–Kier alpha value is -2.87. The van der Waals surface area contributed by atoms with Crippen LogP contribution in [0.4, 0.5) is 4.39 Å². The van der Waals surface area contributed by atoms with Gasteiger partial charge in [0, 0.05) is 18.4 Å². The van der Waals surface area contributed by atoms with Gasteiger partial charge in [-0.1, -0.05) is 17.3 Å². The summed E-state index contributed by atoms with van der Waals surface area (Å²) in [6.45, 7) is 0.235. The molecule has 6 nitrogen and oxygen atoms in total. The van der Waals surface area contributed by atoms with Crippen molar-refractivity contribution < 1.29 is 18.4 Å². The number of rotatable bonds is 8. The van der Waals surface area contributed by atoms with Gasteiger partial charge in [0.15, 0.2) is 0 Å². The normalized spacial score (nSPS) is 10.7. The van der Waals surface area contributed by atoms with Gasteiger partial charge in [0.05, 0.1) is 19.4 Å². The van der Waals surface area contributed by atoms with E-state index in [2.05, 4.69) is 10.1 Å². The summed E-state index contributed by atoms with van der Waals surface area (Å²) in [5, 5.41) is 3.96. The molecule has 28 heavy (non-hydrogen) atoms. The molecule has 3 rings (SSSR count). The second kappa shape index (κ2) is 9.36. The van der Waals surface area contributed by atoms with Crippen molar-refractivity contribution in [1.82, 2.24) is 15.0 Å². The molecular weight excluding hydrogens is 381 g/mol. The van der Waals surface area contributed by atoms with Crippen LogP contribution in [0.3, 0.4) is 0 Å². The predicted octanol–water partition coefficient (Wildman–Crippen LogP) is 3.78. The summed E-state index contributed by atoms with van der Waals surface area (Å²) in [5.41, 5.74) is 1.78. The Kier molecular flexibility index (Phi) is 6.65. The number of hydrogen-bond acceptors (Lipinski definition) is 6. The quantitative estimate of drug-likeness (QED) is 0.572. The average Bonchev–Trinajstić information content (AvgIpc) is 3.18. The molecule has 0 fully saturated rings. The van der Waals surface area contributed by atoms with Crippen LogP contribution in [0.5, 0.6) is 5.75 Å². The highest BCUT2D eigenvalue weighted by Gasteiger charge is 2.15. The van der Waals surface area contributed by atoms with E-state index in [9.17, 15) is 9.18 Å². The minimum atomic E-state index is -0.266. The molecular formula is C20H20FN3O3S. The maximum atomic E-state index is 12.9. The Morgan fingerprint density at radius 2 is 1.89 bits per heavy atom. The minimum Gasteiger partial charge on any atom is -0.497 e. The van der Waals surface area contributed by atoms with Crippen LogP contribution in [-0.2, 0) is 17.1 Å². The Morgan fingerprint density at radius 3 is 2.57 bits per heavy atom. The number of amides is 1. The third-order valence-corrected chi connectivity index (χ3v) is 5.01. The van der Waals surface area contributed by atoms with Gasteiger partial charge in [0.1, 0.15) is 11.6 Å². The van der Waals surface area contributed by atoms with Crippen molar-refractivity contribution >= 4 is 17.7 Å². The van der Waals surface area contributed by atoms with E-state index in [1.165, 1.54) is 23.9 Å². The van der Waals surface area contributed by atoms with Crippen molar-refractivity contribution in [2.45, 2.75) is 12.3 Å². The number of methoxy groups -OCH3 is 1. The number of ether oxygens (including phenoxy) is 1. The van der Waals surface area contributed by atoms with E-state index in [4.69, 9.17) is 9.26 Å². The zero-order valence-corrected chi connectivity index (χ0v) is 16.4. The van der Waals surface area contributed by atoms with Crippen molar-refractivity contribution in [3.63, 3.8) is 0 Å². The molecule has 2 aromatic carbocycles. The molecule has 8 heteroatoms. The highest BCUT2D eigenvalue weighted by molar-refractivity contribution is 7.99. The molecule has 0 saturated heterocycles. The number of nitrogens with zero attached hydrogens (tertiary/aromatic N) is 3. The van der Waals surface area contributed by atoms with Gasteiger partial charge in [-0.15, -0.1) is 11.8 Å². The van der Waals surface area contributed by atoms with E-state index >= 15 is 0 Å². The fourth-order valence-electron chi connectivity index (χ4n) is 2.41. The standard InChI is InChI=1S/C20H20FN3O3S/c1-24(19(25)13-28-12-14-3-7-16(21)8-4-14)11-18-22-20(23-27-18)15-5-9-17(26-2)10-6-15/h3-10H,11-13H2,1-2H3. The van der Waals surface area contributed by atoms with Crippen molar-refractivity contribution in [3.8, 4) is 17.1 Å². The third-order valence-electron chi connectivity index (χ3n) is 4.02. The summed E-state index contributed by atoms with van der Waals surface area (Å²) in [5.74, 6) is 2.22. The number of halogens is 1. The molecule has 3 aromatic rings. The zero-order valence-electron chi connectivity index (χ0n) is 15.6. The van der Waals surface area contributed by atoms with Crippen LogP contribution in [0.2, 0.25) is 0 Å². The second-order valence-corrected chi connectivity index (χ2v) is 7.09. The van der Waals surface area contributed by atoms with E-state index < -0.39 is 0 Å². The first kappa shape index (κ1) is 19.9. The van der Waals surface area contributed by atoms with E-state index in [-0.39, 0.29) is 18.3 Å². The smallest absolute Gasteiger partial charge is 0.246 e. The van der Waals surface area contributed by atoms with Crippen LogP contribution in [0.15, 0.2) is 53.1 Å². The van der Waals surface area contributed by atoms with Crippen molar-refractivity contribution in [2.24, 2.45) is 0 Å². The summed E-state index contributed by atoms with van der Waals surface area (Å²) in [7, 11) is 3.30. The van der Waals surface area contributed by atoms with Gasteiger partial charge in [-0.3, -0.25) is 4.79 Å². The molecule has 0 aliphatic heterocycles. The van der Waals surface area contributed by atoms with Crippen LogP contribution in [-0.4, -0.2) is 40.9 Å². The summed E-state index contributed by atoms with van der Waals surface area (Å²) in [6, 6.07) is 13.6. The van der Waals surface area contributed by atoms with Crippen LogP contribution < -0.4 is 4.74 Å². The van der Waals surface area contributed by atoms with Gasteiger partial charge in [-0.05, 0) is 42.0 Å². The SMILES string of the molecule is COc1ccc(-c2noc(CN(C)C(=O)CSCc3ccc(F)cc3)n2)cc1. The number of carbonyl (C=O) groups is 1. The van der Waals surface area contributed by atoms with E-state index in [0.717, 1.165) is 16.9 Å². The van der Waals surface area contributed by atoms with Crippen LogP contribution in [0.1, 0.15) is 11.5 Å². The number of carbonyl (C=O) groups excluding carboxylic acids is 1. The topological polar surface area (TPSA) is 68.5 Å². The lowest BCUT2D eigenvalue weighted by molar-refractivity contribution is -0.127. The fraction of sp³-hybridized carbons (Fsp3) is 0.250. The average molecular weight is 401 g/mol. The van der Waals surface area contributed by atoms with Gasteiger partial charge in [-0.2, -0.15) is 4.98 Å². The van der Waals surface area contributed by atoms with Gasteiger partial charge >= 0.3 is 0 Å². The lowest BCUT2D eigenvalue weighted by Gasteiger charge is -2.14. The first-order valence-electron chi connectivity index (χ1n) is 8.58. The Balaban J connectivity index is 1.49. The Bertz CT molecular complexity index is 913. The first-order chi connectivity index (χ1) is 13.5. The molecule has 0 saturated carbocycles. The Morgan fingerprint density at radius 1 is 1.18 bits per heavy atom. The molecule has 0 N–H and O–H groups in total. The van der Waals surface area contributed by atoms with E-state index in [0.29, 0.717) is 23.2 Å². The highest BCUT2D eigenvalue weighted by atomic mass is 32.2. The molecule has 1 amide bonds. The molecule has 0 aliphatic carbocycles. The molecule has 0 atom stereocenters. The summed E-state index contributed by atoms with van der Waals surface area (Å²) in [4.78, 5) is 18.2. The summed E-state index contributed by atoms with van der Waals surface area (Å²) < 4.78 is 23.3. The molecule has 0 aliphatic rings. The highest BCUT2D eigenvalue weighted by Crippen LogP contribution is 2.20. The largest absolute Gasteiger partial charge is 0.497 e. The van der Waals surface area contributed by atoms with E-state index in [1.807, 2.05) is 24.3 Å². The van der Waals surface area contributed by atoms with Crippen molar-refractivity contribution in [3.05, 3.63) is 65.8 Å². The summed E-state index contributed by atoms with van der Waals surface area (Å²) >= 11 is 1.47. The monoisotopic (exact) mass is 401 g/mol. The minimum absolute atomic E-state index is 0.0451. The van der Waals surface area contributed by atoms with Crippen molar-refractivity contribution in [2.75, 3.05) is 19.9 Å². The lowest BCUT2D eigenvalue weighted by atomic mass is 10.2. The third kappa shape index (κ3) is 5.32. The number of hydrogen-bond donors (Lipinski definition) is 0. The predicted molar refractivity (Wildman–Crippen MR) is 105 cm³/mol. The van der Waals surface area contributed by atoms with Gasteiger partial charge < -0.3 is 14.2 Å². The fourth-order valence-corrected chi connectivity index (χ4v) is 3.34. The van der Waals surface area contributed by atoms with Gasteiger partial charge in [0.25, 0.3) is 0 Å². The molecule has 146 valence electrons. The van der Waals surface area contributed by atoms with Crippen LogP contribution in [0, 0.1) is 5.82 Å². The molecule has 0 spiro atoms. The molecule has 0 bridgehead atoms. The number of benzene rings is 2. The zero-order chi connectivity index (χ0) is 19.9. The maximum Gasteiger partial charge on any atom is 0.246 e. The molecule has 0 radical (unpaired) electrons. The lowest BCUT2D eigenvalue weighted by Crippen LogP contribution is -2.28. The van der Waals surface area contributed by atoms with Crippen LogP contribution in [0.25, 0.3) is 11.4 Å². The summed E-state index contributed by atoms with van der Waals surface area (Å²) in [6.07, 6.45) is 0. The second-order valence-electron chi connectivity index (χ2n) is 6.11. The molecule has 1 aromatic heterocycles. The maximum absolute atomic E-state index is 12.9. The first-order valence-corrected chi connectivity index (χ1v) is 9.74.